The summed E-state index contributed by atoms with van der Waals surface area (Å²) in [4.78, 5) is 5.07. The predicted molar refractivity (Wildman–Crippen MR) is 342 cm³/mol. The van der Waals surface area contributed by atoms with Crippen LogP contribution in [-0.2, 0) is 32.5 Å². The third-order valence-electron chi connectivity index (χ3n) is 18.6. The summed E-state index contributed by atoms with van der Waals surface area (Å²) < 4.78 is 14.3. The average Bonchev–Trinajstić information content (AvgIpc) is 2.49. The molecule has 3 nitrogen and oxygen atoms in total. The molecular weight excluding hydrogens is 1010 g/mol. The summed E-state index contributed by atoms with van der Waals surface area (Å²) in [5, 5.41) is 2.17. The van der Waals surface area contributed by atoms with E-state index in [9.17, 15) is 0 Å². The van der Waals surface area contributed by atoms with E-state index in [-0.39, 0.29) is 21.7 Å². The van der Waals surface area contributed by atoms with Gasteiger partial charge in [0.2, 0.25) is 0 Å². The Hall–Kier alpha value is -8.05. The summed E-state index contributed by atoms with van der Waals surface area (Å²) >= 11 is 1.92. The molecule has 15 rings (SSSR count). The molecule has 0 saturated heterocycles. The topological polar surface area (TPSA) is 25.6 Å². The number of nitrogens with zero attached hydrogens (tertiary/aromatic N) is 1. The van der Waals surface area contributed by atoms with Crippen molar-refractivity contribution in [3.05, 3.63) is 267 Å². The first-order valence-corrected chi connectivity index (χ1v) is 30.1. The Morgan fingerprint density at radius 3 is 1.39 bits per heavy atom. The zero-order valence-corrected chi connectivity index (χ0v) is 50.0. The smallest absolute Gasteiger partial charge is 0.159 e. The first-order chi connectivity index (χ1) is 39.1. The van der Waals surface area contributed by atoms with Gasteiger partial charge in [0.25, 0.3) is 0 Å². The fraction of sp³-hybridized carbons (Fsp3) is 0.231. The molecule has 4 aliphatic rings. The minimum Gasteiger partial charge on any atom is -0.457 e. The average molecular weight is 1080 g/mol. The Bertz CT molecular complexity index is 4390. The van der Waals surface area contributed by atoms with Crippen molar-refractivity contribution in [2.24, 2.45) is 0 Å². The van der Waals surface area contributed by atoms with Gasteiger partial charge in [0.1, 0.15) is 17.1 Å². The molecule has 10 aromatic carbocycles. The number of para-hydroxylation sites is 3. The van der Waals surface area contributed by atoms with E-state index in [1.165, 1.54) is 87.7 Å². The normalized spacial score (nSPS) is 15.1. The molecule has 0 saturated carbocycles. The molecule has 11 aromatic rings. The van der Waals surface area contributed by atoms with Crippen LogP contribution in [0.4, 0.5) is 17.1 Å². The van der Waals surface area contributed by atoms with Crippen molar-refractivity contribution >= 4 is 50.8 Å². The van der Waals surface area contributed by atoms with Crippen LogP contribution in [-0.4, -0.2) is 0 Å². The quantitative estimate of drug-likeness (QED) is 0.176. The second-order valence-electron chi connectivity index (χ2n) is 27.7. The summed E-state index contributed by atoms with van der Waals surface area (Å²) in [6.45, 7) is 28.0. The first kappa shape index (κ1) is 50.9. The van der Waals surface area contributed by atoms with Crippen molar-refractivity contribution in [2.45, 2.75) is 125 Å². The molecule has 1 aromatic heterocycles. The number of anilines is 3. The molecule has 404 valence electrons. The molecule has 0 unspecified atom stereocenters. The Kier molecular flexibility index (Phi) is 10.7. The molecule has 2 spiro atoms. The standard InChI is InChI=1S/C78H69NO2S/c1-73(2,3)46-28-34-53-54-35-29-47(74(4,5)6)41-61(54)78(60(53)40-46)59-24-16-18-27-68(59)80-69-37-33-51(45-63(69)78)79(66-25-19-22-57-56-21-14-17-26-67(56)81-72(57)66)50-32-36-55-52-20-13-15-23-58(52)77(62(55)44-50)64-42-48(75(7,8)9)30-38-70(64)82-71-39-31-49(43-65(71)77)76(10,11)12/h13-45H,1-12H3. The first-order valence-electron chi connectivity index (χ1n) is 29.3. The number of hydrogen-bond acceptors (Lipinski definition) is 4. The number of hydrogen-bond donors (Lipinski definition) is 0. The summed E-state index contributed by atoms with van der Waals surface area (Å²) in [6, 6.07) is 76.6. The van der Waals surface area contributed by atoms with E-state index in [1.807, 2.05) is 11.8 Å². The molecule has 4 heteroatoms. The second-order valence-corrected chi connectivity index (χ2v) is 28.8. The van der Waals surface area contributed by atoms with Gasteiger partial charge in [0.05, 0.1) is 16.5 Å². The number of benzene rings is 10. The highest BCUT2D eigenvalue weighted by molar-refractivity contribution is 7.99. The van der Waals surface area contributed by atoms with E-state index in [1.54, 1.807) is 0 Å². The maximum atomic E-state index is 7.21. The third-order valence-corrected chi connectivity index (χ3v) is 19.8. The molecule has 2 aliphatic carbocycles. The van der Waals surface area contributed by atoms with Crippen molar-refractivity contribution in [3.8, 4) is 33.8 Å². The lowest BCUT2D eigenvalue weighted by molar-refractivity contribution is 0.436. The van der Waals surface area contributed by atoms with Crippen LogP contribution in [0.3, 0.4) is 0 Å². The van der Waals surface area contributed by atoms with Crippen LogP contribution >= 0.6 is 11.8 Å². The SMILES string of the molecule is CC(C)(C)c1ccc2c(c1)C1(c3cc(C(C)(C)C)ccc3S2)c2ccccc2-c2ccc(N(c3ccc4c(c3)C3(c5ccccc5O4)c4cc(C(C)(C)C)ccc4-c4ccc(C(C)(C)C)cc43)c3cccc4c3oc3ccccc34)cc21. The highest BCUT2D eigenvalue weighted by atomic mass is 32.2. The Morgan fingerprint density at radius 1 is 0.341 bits per heavy atom. The number of ether oxygens (including phenoxy) is 1. The van der Waals surface area contributed by atoms with E-state index in [0.29, 0.717) is 0 Å². The highest BCUT2D eigenvalue weighted by Crippen LogP contribution is 2.66. The lowest BCUT2D eigenvalue weighted by atomic mass is 9.65. The zero-order chi connectivity index (χ0) is 56.6. The summed E-state index contributed by atoms with van der Waals surface area (Å²) in [7, 11) is 0. The molecule has 3 heterocycles. The van der Waals surface area contributed by atoms with Gasteiger partial charge in [0.15, 0.2) is 5.58 Å². The van der Waals surface area contributed by atoms with E-state index in [4.69, 9.17) is 9.15 Å². The largest absolute Gasteiger partial charge is 0.457 e. The zero-order valence-electron chi connectivity index (χ0n) is 49.2. The van der Waals surface area contributed by atoms with Gasteiger partial charge in [-0.3, -0.25) is 0 Å². The van der Waals surface area contributed by atoms with Crippen molar-refractivity contribution < 1.29 is 9.15 Å². The van der Waals surface area contributed by atoms with Crippen molar-refractivity contribution in [3.63, 3.8) is 0 Å². The van der Waals surface area contributed by atoms with Gasteiger partial charge in [-0.15, -0.1) is 0 Å². The molecular formula is C78H69NO2S. The molecule has 0 bridgehead atoms. The Morgan fingerprint density at radius 2 is 0.780 bits per heavy atom. The maximum absolute atomic E-state index is 7.21. The van der Waals surface area contributed by atoms with Crippen LogP contribution in [0.2, 0.25) is 0 Å². The van der Waals surface area contributed by atoms with Gasteiger partial charge in [-0.05, 0) is 160 Å². The summed E-state index contributed by atoms with van der Waals surface area (Å²) in [5.74, 6) is 1.73. The summed E-state index contributed by atoms with van der Waals surface area (Å²) in [5.41, 5.74) is 23.5. The van der Waals surface area contributed by atoms with E-state index >= 15 is 0 Å². The van der Waals surface area contributed by atoms with Gasteiger partial charge in [0, 0.05) is 43.1 Å². The van der Waals surface area contributed by atoms with Gasteiger partial charge < -0.3 is 14.1 Å². The van der Waals surface area contributed by atoms with Gasteiger partial charge in [-0.2, -0.15) is 0 Å². The molecule has 2 aliphatic heterocycles. The fourth-order valence-electron chi connectivity index (χ4n) is 14.3. The van der Waals surface area contributed by atoms with Crippen LogP contribution < -0.4 is 9.64 Å². The maximum Gasteiger partial charge on any atom is 0.159 e. The van der Waals surface area contributed by atoms with Crippen molar-refractivity contribution in [1.82, 2.24) is 0 Å². The number of rotatable bonds is 3. The lowest BCUT2D eigenvalue weighted by Crippen LogP contribution is -2.33. The Balaban J connectivity index is 1.05. The van der Waals surface area contributed by atoms with Crippen LogP contribution in [0, 0.1) is 0 Å². The van der Waals surface area contributed by atoms with Crippen molar-refractivity contribution in [2.75, 3.05) is 4.90 Å². The molecule has 0 N–H and O–H groups in total. The van der Waals surface area contributed by atoms with Crippen LogP contribution in [0.5, 0.6) is 11.5 Å². The van der Waals surface area contributed by atoms with Crippen molar-refractivity contribution in [1.29, 1.82) is 0 Å². The van der Waals surface area contributed by atoms with E-state index in [2.05, 4.69) is 288 Å². The second kappa shape index (κ2) is 17.3. The molecule has 82 heavy (non-hydrogen) atoms. The molecule has 0 radical (unpaired) electrons. The van der Waals surface area contributed by atoms with Crippen LogP contribution in [0.1, 0.15) is 150 Å². The van der Waals surface area contributed by atoms with E-state index < -0.39 is 10.8 Å². The minimum atomic E-state index is -0.725. The number of fused-ring (bicyclic) bond motifs is 21. The predicted octanol–water partition coefficient (Wildman–Crippen LogP) is 21.5. The van der Waals surface area contributed by atoms with Gasteiger partial charge >= 0.3 is 0 Å². The number of furan rings is 1. The van der Waals surface area contributed by atoms with Gasteiger partial charge in [-0.25, -0.2) is 0 Å². The monoisotopic (exact) mass is 1080 g/mol. The summed E-state index contributed by atoms with van der Waals surface area (Å²) in [6.07, 6.45) is 0. The highest BCUT2D eigenvalue weighted by Gasteiger charge is 2.54. The Labute approximate surface area is 488 Å². The fourth-order valence-corrected chi connectivity index (χ4v) is 15.5. The molecule has 0 atom stereocenters. The van der Waals surface area contributed by atoms with Crippen LogP contribution in [0.15, 0.2) is 214 Å². The lowest BCUT2D eigenvalue weighted by Gasteiger charge is -2.42. The van der Waals surface area contributed by atoms with E-state index in [0.717, 1.165) is 61.6 Å². The molecule has 0 fully saturated rings. The van der Waals surface area contributed by atoms with Crippen LogP contribution in [0.25, 0.3) is 44.2 Å². The minimum absolute atomic E-state index is 0.0731. The third kappa shape index (κ3) is 7.16. The molecule has 0 amide bonds. The van der Waals surface area contributed by atoms with Gasteiger partial charge in [-0.1, -0.05) is 234 Å².